The minimum Gasteiger partial charge on any atom is -0.456 e. The second kappa shape index (κ2) is 4.07. The van der Waals surface area contributed by atoms with Crippen molar-refractivity contribution in [2.45, 2.75) is 0 Å². The molecule has 0 bridgehead atoms. The Morgan fingerprint density at radius 1 is 0.700 bits per heavy atom. The zero-order valence-corrected chi connectivity index (χ0v) is 10.0. The van der Waals surface area contributed by atoms with E-state index in [1.54, 1.807) is 12.1 Å². The van der Waals surface area contributed by atoms with Gasteiger partial charge >= 0.3 is 11.3 Å². The molecule has 0 radical (unpaired) electrons. The first kappa shape index (κ1) is 12.2. The predicted molar refractivity (Wildman–Crippen MR) is 71.9 cm³/mol. The van der Waals surface area contributed by atoms with E-state index in [0.29, 0.717) is 16.6 Å². The first-order chi connectivity index (χ1) is 9.24. The average Bonchev–Trinajstić information content (AvgIpc) is 2.79. The molecule has 0 unspecified atom stereocenters. The Hall–Kier alpha value is -2.86. The Bertz CT molecular complexity index is 1050. The predicted octanol–water partition coefficient (Wildman–Crippen LogP) is 1.82. The van der Waals surface area contributed by atoms with E-state index in [4.69, 9.17) is 13.3 Å². The van der Waals surface area contributed by atoms with E-state index in [9.17, 15) is 9.59 Å². The third-order valence-electron chi connectivity index (χ3n) is 3.02. The fourth-order valence-electron chi connectivity index (χ4n) is 2.22. The minimum atomic E-state index is -1.02. The van der Waals surface area contributed by atoms with E-state index in [1.165, 1.54) is 0 Å². The largest absolute Gasteiger partial charge is 0.456 e. The Morgan fingerprint density at radius 2 is 1.40 bits per heavy atom. The van der Waals surface area contributed by atoms with Crippen LogP contribution in [0.2, 0.25) is 0 Å². The van der Waals surface area contributed by atoms with Gasteiger partial charge in [0.1, 0.15) is 11.2 Å². The summed E-state index contributed by atoms with van der Waals surface area (Å²) in [6.07, 6.45) is 0. The summed E-state index contributed by atoms with van der Waals surface area (Å²) in [7, 11) is 0. The molecule has 0 spiro atoms. The molecule has 20 heavy (non-hydrogen) atoms. The SMILES string of the molecule is O.O=c1oc2ccc3oc4ccccc4c3c2oc1=O. The third-order valence-corrected chi connectivity index (χ3v) is 3.02. The van der Waals surface area contributed by atoms with Crippen LogP contribution >= 0.6 is 0 Å². The van der Waals surface area contributed by atoms with Gasteiger partial charge < -0.3 is 18.7 Å². The molecule has 0 atom stereocenters. The van der Waals surface area contributed by atoms with Crippen molar-refractivity contribution in [2.75, 3.05) is 0 Å². The van der Waals surface area contributed by atoms with Crippen molar-refractivity contribution in [3.05, 3.63) is 57.2 Å². The van der Waals surface area contributed by atoms with Crippen LogP contribution in [-0.2, 0) is 0 Å². The van der Waals surface area contributed by atoms with Crippen molar-refractivity contribution in [2.24, 2.45) is 0 Å². The van der Waals surface area contributed by atoms with E-state index in [-0.39, 0.29) is 16.6 Å². The van der Waals surface area contributed by atoms with Crippen LogP contribution in [0.15, 0.2) is 59.2 Å². The summed E-state index contributed by atoms with van der Waals surface area (Å²) in [4.78, 5) is 22.5. The van der Waals surface area contributed by atoms with Gasteiger partial charge in [0, 0.05) is 5.39 Å². The van der Waals surface area contributed by atoms with Crippen LogP contribution in [0.3, 0.4) is 0 Å². The second-order valence-corrected chi connectivity index (χ2v) is 4.14. The zero-order valence-electron chi connectivity index (χ0n) is 10.0. The molecule has 0 aliphatic heterocycles. The average molecular weight is 272 g/mol. The summed E-state index contributed by atoms with van der Waals surface area (Å²) in [5.41, 5.74) is -0.329. The second-order valence-electron chi connectivity index (χ2n) is 4.14. The van der Waals surface area contributed by atoms with Gasteiger partial charge in [0.2, 0.25) is 0 Å². The quantitative estimate of drug-likeness (QED) is 0.454. The van der Waals surface area contributed by atoms with Gasteiger partial charge in [-0.1, -0.05) is 18.2 Å². The van der Waals surface area contributed by atoms with Crippen LogP contribution in [0.1, 0.15) is 0 Å². The Balaban J connectivity index is 0.00000121. The Morgan fingerprint density at radius 3 is 2.25 bits per heavy atom. The van der Waals surface area contributed by atoms with Crippen molar-refractivity contribution in [3.63, 3.8) is 0 Å². The molecule has 0 fully saturated rings. The number of furan rings is 1. The number of hydrogen-bond donors (Lipinski definition) is 0. The topological polar surface area (TPSA) is 105 Å². The third kappa shape index (κ3) is 1.49. The van der Waals surface area contributed by atoms with Gasteiger partial charge in [-0.05, 0) is 18.2 Å². The van der Waals surface area contributed by atoms with Crippen LogP contribution in [0.4, 0.5) is 0 Å². The van der Waals surface area contributed by atoms with Gasteiger partial charge in [-0.25, -0.2) is 9.59 Å². The molecule has 0 aliphatic carbocycles. The van der Waals surface area contributed by atoms with E-state index in [0.717, 1.165) is 5.39 Å². The molecule has 100 valence electrons. The summed E-state index contributed by atoms with van der Waals surface area (Å²) < 4.78 is 15.6. The normalized spacial score (nSPS) is 11.0. The molecule has 0 saturated carbocycles. The maximum atomic E-state index is 11.3. The first-order valence-corrected chi connectivity index (χ1v) is 5.62. The van der Waals surface area contributed by atoms with Crippen molar-refractivity contribution in [3.8, 4) is 0 Å². The van der Waals surface area contributed by atoms with Gasteiger partial charge in [0.25, 0.3) is 0 Å². The number of benzene rings is 2. The number of rotatable bonds is 0. The first-order valence-electron chi connectivity index (χ1n) is 5.62. The highest BCUT2D eigenvalue weighted by atomic mass is 16.5. The van der Waals surface area contributed by atoms with Crippen molar-refractivity contribution >= 4 is 33.1 Å². The van der Waals surface area contributed by atoms with E-state index >= 15 is 0 Å². The Kier molecular flexibility index (Phi) is 2.48. The summed E-state index contributed by atoms with van der Waals surface area (Å²) in [5, 5.41) is 1.44. The van der Waals surface area contributed by atoms with Crippen molar-refractivity contribution in [1.29, 1.82) is 0 Å². The van der Waals surface area contributed by atoms with E-state index in [2.05, 4.69) is 0 Å². The van der Waals surface area contributed by atoms with E-state index in [1.807, 2.05) is 24.3 Å². The molecule has 2 aromatic heterocycles. The standard InChI is InChI=1S/C14H6O5.H2O/c15-13-14(16)19-12-10(18-13)6-5-9-11(12)7-3-1-2-4-8(7)17-9;/h1-6H;1H2. The lowest BCUT2D eigenvalue weighted by molar-refractivity contribution is 0.450. The smallest absolute Gasteiger partial charge is 0.423 e. The van der Waals surface area contributed by atoms with Gasteiger partial charge in [-0.2, -0.15) is 0 Å². The highest BCUT2D eigenvalue weighted by molar-refractivity contribution is 6.15. The fourth-order valence-corrected chi connectivity index (χ4v) is 2.22. The maximum Gasteiger partial charge on any atom is 0.423 e. The summed E-state index contributed by atoms with van der Waals surface area (Å²) in [5.74, 6) is 0. The molecule has 0 amide bonds. The minimum absolute atomic E-state index is 0. The molecule has 6 nitrogen and oxygen atoms in total. The van der Waals surface area contributed by atoms with Crippen molar-refractivity contribution < 1.29 is 18.7 Å². The van der Waals surface area contributed by atoms with Crippen LogP contribution in [0.25, 0.3) is 33.1 Å². The zero-order chi connectivity index (χ0) is 13.0. The molecule has 6 heteroatoms. The summed E-state index contributed by atoms with van der Waals surface area (Å²) in [6.45, 7) is 0. The van der Waals surface area contributed by atoms with Crippen molar-refractivity contribution in [1.82, 2.24) is 0 Å². The lowest BCUT2D eigenvalue weighted by atomic mass is 10.1. The van der Waals surface area contributed by atoms with Crippen LogP contribution in [0.5, 0.6) is 0 Å². The molecule has 2 heterocycles. The van der Waals surface area contributed by atoms with Gasteiger partial charge in [-0.3, -0.25) is 0 Å². The highest BCUT2D eigenvalue weighted by Gasteiger charge is 2.14. The number of hydrogen-bond acceptors (Lipinski definition) is 5. The van der Waals surface area contributed by atoms with Gasteiger partial charge in [-0.15, -0.1) is 0 Å². The number of para-hydroxylation sites is 1. The molecule has 2 aromatic carbocycles. The maximum absolute atomic E-state index is 11.3. The van der Waals surface area contributed by atoms with Gasteiger partial charge in [0.15, 0.2) is 11.2 Å². The molecule has 0 saturated heterocycles. The molecule has 0 aliphatic rings. The molecular weight excluding hydrogens is 264 g/mol. The Labute approximate surface area is 110 Å². The van der Waals surface area contributed by atoms with Crippen LogP contribution in [-0.4, -0.2) is 5.48 Å². The van der Waals surface area contributed by atoms with Gasteiger partial charge in [0.05, 0.1) is 5.39 Å². The summed E-state index contributed by atoms with van der Waals surface area (Å²) >= 11 is 0. The van der Waals surface area contributed by atoms with E-state index < -0.39 is 11.3 Å². The monoisotopic (exact) mass is 272 g/mol. The molecular formula is C14H8O6. The lowest BCUT2D eigenvalue weighted by Gasteiger charge is -1.95. The summed E-state index contributed by atoms with van der Waals surface area (Å²) in [6, 6.07) is 10.6. The number of fused-ring (bicyclic) bond motifs is 5. The molecule has 2 N–H and O–H groups in total. The fraction of sp³-hybridized carbons (Fsp3) is 0. The molecule has 4 aromatic rings. The highest BCUT2D eigenvalue weighted by Crippen LogP contribution is 2.33. The lowest BCUT2D eigenvalue weighted by Crippen LogP contribution is -2.20. The van der Waals surface area contributed by atoms with Crippen LogP contribution in [0, 0.1) is 0 Å². The molecule has 4 rings (SSSR count). The van der Waals surface area contributed by atoms with Crippen LogP contribution < -0.4 is 11.3 Å².